The van der Waals surface area contributed by atoms with Gasteiger partial charge in [-0.2, -0.15) is 0 Å². The van der Waals surface area contributed by atoms with Crippen molar-refractivity contribution in [1.82, 2.24) is 0 Å². The van der Waals surface area contributed by atoms with Gasteiger partial charge in [-0.05, 0) is 30.5 Å². The van der Waals surface area contributed by atoms with Crippen molar-refractivity contribution in [3.63, 3.8) is 0 Å². The minimum absolute atomic E-state index is 0.682. The van der Waals surface area contributed by atoms with Crippen LogP contribution in [0.4, 0.5) is 0 Å². The van der Waals surface area contributed by atoms with Crippen LogP contribution in [-0.2, 0) is 11.2 Å². The van der Waals surface area contributed by atoms with Crippen LogP contribution in [0.15, 0.2) is 24.3 Å². The molecule has 1 rings (SSSR count). The topological polar surface area (TPSA) is 38.7 Å². The van der Waals surface area contributed by atoms with Crippen LogP contribution in [0, 0.1) is 0 Å². The molecule has 0 aliphatic heterocycles. The minimum Gasteiger partial charge on any atom is -0.465 e. The highest BCUT2D eigenvalue weighted by atomic mass is 16.6. The van der Waals surface area contributed by atoms with E-state index in [4.69, 9.17) is 9.47 Å². The van der Waals surface area contributed by atoms with Crippen LogP contribution in [0.1, 0.15) is 31.7 Å². The number of ether oxygens (including phenoxy) is 2. The van der Waals surface area contributed by atoms with Gasteiger partial charge in [-0.3, -0.25) is 0 Å². The van der Waals surface area contributed by atoms with Crippen LogP contribution in [0.5, 0.6) is 5.75 Å². The van der Waals surface area contributed by atoms with E-state index in [0.717, 1.165) is 31.6 Å². The fraction of sp³-hybridized carbons (Fsp3) is 0.571. The van der Waals surface area contributed by atoms with Gasteiger partial charge >= 0.3 is 0 Å². The third-order valence-corrected chi connectivity index (χ3v) is 2.59. The molecule has 0 heterocycles. The van der Waals surface area contributed by atoms with E-state index in [-0.39, 0.29) is 0 Å². The summed E-state index contributed by atoms with van der Waals surface area (Å²) in [5.74, 6) is 0.717. The SMILES string of the molecule is CCCCC(O)Oc1ccc(CCOC)cc1. The predicted octanol–water partition coefficient (Wildman–Crippen LogP) is 2.76. The van der Waals surface area contributed by atoms with E-state index in [1.807, 2.05) is 24.3 Å². The first-order valence-electron chi connectivity index (χ1n) is 6.19. The highest BCUT2D eigenvalue weighted by molar-refractivity contribution is 5.27. The summed E-state index contributed by atoms with van der Waals surface area (Å²) in [5, 5.41) is 9.60. The van der Waals surface area contributed by atoms with Crippen LogP contribution >= 0.6 is 0 Å². The number of rotatable bonds is 8. The van der Waals surface area contributed by atoms with Crippen LogP contribution in [0.25, 0.3) is 0 Å². The zero-order valence-electron chi connectivity index (χ0n) is 10.7. The van der Waals surface area contributed by atoms with Crippen LogP contribution in [0.3, 0.4) is 0 Å². The Labute approximate surface area is 103 Å². The average Bonchev–Trinajstić information content (AvgIpc) is 2.35. The first-order chi connectivity index (χ1) is 8.26. The highest BCUT2D eigenvalue weighted by Crippen LogP contribution is 2.15. The smallest absolute Gasteiger partial charge is 0.197 e. The Morgan fingerprint density at radius 2 is 1.94 bits per heavy atom. The molecule has 1 unspecified atom stereocenters. The molecule has 0 saturated carbocycles. The van der Waals surface area contributed by atoms with Gasteiger partial charge in [-0.15, -0.1) is 0 Å². The molecule has 3 heteroatoms. The lowest BCUT2D eigenvalue weighted by atomic mass is 10.1. The molecule has 0 aliphatic carbocycles. The first-order valence-corrected chi connectivity index (χ1v) is 6.19. The van der Waals surface area contributed by atoms with Crippen molar-refractivity contribution in [2.75, 3.05) is 13.7 Å². The van der Waals surface area contributed by atoms with Crippen molar-refractivity contribution >= 4 is 0 Å². The Bertz CT molecular complexity index is 295. The fourth-order valence-electron chi connectivity index (χ4n) is 1.55. The molecule has 0 spiro atoms. The summed E-state index contributed by atoms with van der Waals surface area (Å²) in [6.07, 6.45) is 2.93. The maximum Gasteiger partial charge on any atom is 0.197 e. The normalized spacial score (nSPS) is 12.4. The molecule has 0 saturated heterocycles. The summed E-state index contributed by atoms with van der Waals surface area (Å²) in [6.45, 7) is 2.82. The van der Waals surface area contributed by atoms with Crippen LogP contribution in [0.2, 0.25) is 0 Å². The molecule has 0 radical (unpaired) electrons. The van der Waals surface area contributed by atoms with Gasteiger partial charge in [-0.1, -0.05) is 25.5 Å². The van der Waals surface area contributed by atoms with Gasteiger partial charge in [0.2, 0.25) is 0 Å². The summed E-state index contributed by atoms with van der Waals surface area (Å²) in [5.41, 5.74) is 1.21. The third-order valence-electron chi connectivity index (χ3n) is 2.59. The van der Waals surface area contributed by atoms with Crippen LogP contribution < -0.4 is 4.74 Å². The maximum absolute atomic E-state index is 9.60. The fourth-order valence-corrected chi connectivity index (χ4v) is 1.55. The zero-order chi connectivity index (χ0) is 12.5. The quantitative estimate of drug-likeness (QED) is 0.708. The second-order valence-electron chi connectivity index (χ2n) is 4.10. The summed E-state index contributed by atoms with van der Waals surface area (Å²) in [7, 11) is 1.70. The molecule has 0 bridgehead atoms. The van der Waals surface area contributed by atoms with Gasteiger partial charge in [0.1, 0.15) is 5.75 Å². The second-order valence-corrected chi connectivity index (χ2v) is 4.10. The van der Waals surface area contributed by atoms with Crippen molar-refractivity contribution in [3.05, 3.63) is 29.8 Å². The zero-order valence-corrected chi connectivity index (χ0v) is 10.7. The van der Waals surface area contributed by atoms with Gasteiger partial charge in [0.05, 0.1) is 6.61 Å². The number of aliphatic hydroxyl groups excluding tert-OH is 1. The number of unbranched alkanes of at least 4 members (excludes halogenated alkanes) is 1. The molecule has 1 aromatic rings. The molecule has 17 heavy (non-hydrogen) atoms. The molecule has 3 nitrogen and oxygen atoms in total. The molecule has 96 valence electrons. The third kappa shape index (κ3) is 5.71. The van der Waals surface area contributed by atoms with E-state index in [0.29, 0.717) is 6.42 Å². The van der Waals surface area contributed by atoms with Gasteiger partial charge in [0.15, 0.2) is 6.29 Å². The van der Waals surface area contributed by atoms with Crippen molar-refractivity contribution in [2.45, 2.75) is 38.9 Å². The summed E-state index contributed by atoms with van der Waals surface area (Å²) in [4.78, 5) is 0. The Morgan fingerprint density at radius 3 is 2.53 bits per heavy atom. The van der Waals surface area contributed by atoms with Crippen molar-refractivity contribution < 1.29 is 14.6 Å². The number of methoxy groups -OCH3 is 1. The van der Waals surface area contributed by atoms with Crippen LogP contribution in [-0.4, -0.2) is 25.1 Å². The standard InChI is InChI=1S/C14H22O3/c1-3-4-5-14(15)17-13-8-6-12(7-9-13)10-11-16-2/h6-9,14-15H,3-5,10-11H2,1-2H3. The minimum atomic E-state index is -0.695. The Kier molecular flexibility index (Phi) is 6.67. The van der Waals surface area contributed by atoms with E-state index in [9.17, 15) is 5.11 Å². The summed E-state index contributed by atoms with van der Waals surface area (Å²) in [6, 6.07) is 7.78. The highest BCUT2D eigenvalue weighted by Gasteiger charge is 2.04. The first kappa shape index (κ1) is 14.0. The monoisotopic (exact) mass is 238 g/mol. The van der Waals surface area contributed by atoms with Gasteiger partial charge in [0.25, 0.3) is 0 Å². The molecule has 1 N–H and O–H groups in total. The Hall–Kier alpha value is -1.06. The Balaban J connectivity index is 2.39. The lowest BCUT2D eigenvalue weighted by Crippen LogP contribution is -2.15. The average molecular weight is 238 g/mol. The van der Waals surface area contributed by atoms with Crippen molar-refractivity contribution in [3.8, 4) is 5.75 Å². The summed E-state index contributed by atoms with van der Waals surface area (Å²) >= 11 is 0. The Morgan fingerprint density at radius 1 is 1.24 bits per heavy atom. The van der Waals surface area contributed by atoms with E-state index in [2.05, 4.69) is 6.92 Å². The van der Waals surface area contributed by atoms with E-state index >= 15 is 0 Å². The van der Waals surface area contributed by atoms with Gasteiger partial charge in [0, 0.05) is 13.5 Å². The molecule has 0 aliphatic rings. The molecule has 0 aromatic heterocycles. The molecule has 0 fully saturated rings. The molecular formula is C14H22O3. The van der Waals surface area contributed by atoms with Gasteiger partial charge < -0.3 is 14.6 Å². The number of aliphatic hydroxyl groups is 1. The van der Waals surface area contributed by atoms with Crippen molar-refractivity contribution in [2.24, 2.45) is 0 Å². The number of hydrogen-bond donors (Lipinski definition) is 1. The van der Waals surface area contributed by atoms with E-state index in [1.165, 1.54) is 5.56 Å². The van der Waals surface area contributed by atoms with Crippen molar-refractivity contribution in [1.29, 1.82) is 0 Å². The van der Waals surface area contributed by atoms with Gasteiger partial charge in [-0.25, -0.2) is 0 Å². The maximum atomic E-state index is 9.60. The second kappa shape index (κ2) is 8.09. The number of benzene rings is 1. The van der Waals surface area contributed by atoms with E-state index in [1.54, 1.807) is 7.11 Å². The molecule has 1 atom stereocenters. The summed E-state index contributed by atoms with van der Waals surface area (Å²) < 4.78 is 10.4. The molecular weight excluding hydrogens is 216 g/mol. The van der Waals surface area contributed by atoms with E-state index < -0.39 is 6.29 Å². The molecule has 0 amide bonds. The largest absolute Gasteiger partial charge is 0.465 e. The number of hydrogen-bond acceptors (Lipinski definition) is 3. The molecule has 1 aromatic carbocycles. The lowest BCUT2D eigenvalue weighted by Gasteiger charge is -2.13. The predicted molar refractivity (Wildman–Crippen MR) is 68.2 cm³/mol. The lowest BCUT2D eigenvalue weighted by molar-refractivity contribution is -0.0243.